The highest BCUT2D eigenvalue weighted by molar-refractivity contribution is 7.67. The van der Waals surface area contributed by atoms with Crippen LogP contribution in [0.15, 0.2) is 42.5 Å². The highest BCUT2D eigenvalue weighted by Crippen LogP contribution is 2.42. The number of aryl methyl sites for hydroxylation is 1. The normalized spacial score (nSPS) is 14.0. The first kappa shape index (κ1) is 20.6. The van der Waals surface area contributed by atoms with Crippen LogP contribution in [0.4, 0.5) is 5.69 Å². The van der Waals surface area contributed by atoms with Gasteiger partial charge in [0.15, 0.2) is 0 Å². The van der Waals surface area contributed by atoms with E-state index >= 15 is 0 Å². The summed E-state index contributed by atoms with van der Waals surface area (Å²) in [6, 6.07) is 12.2. The van der Waals surface area contributed by atoms with Crippen LogP contribution in [0.3, 0.4) is 0 Å². The summed E-state index contributed by atoms with van der Waals surface area (Å²) in [5, 5.41) is 11.8. The minimum absolute atomic E-state index is 0.0305. The number of hydrogen-bond donors (Lipinski definition) is 2. The number of anilines is 1. The molecule has 0 saturated carbocycles. The third-order valence-corrected chi connectivity index (χ3v) is 6.45. The van der Waals surface area contributed by atoms with Crippen molar-refractivity contribution in [2.45, 2.75) is 40.0 Å². The van der Waals surface area contributed by atoms with E-state index in [1.165, 1.54) is 0 Å². The zero-order valence-corrected chi connectivity index (χ0v) is 18.2. The Morgan fingerprint density at radius 2 is 1.75 bits per heavy atom. The minimum atomic E-state index is -3.86. The van der Waals surface area contributed by atoms with E-state index in [2.05, 4.69) is 36.2 Å². The number of nitrogens with zero attached hydrogens (tertiary/aromatic N) is 3. The van der Waals surface area contributed by atoms with Crippen molar-refractivity contribution in [3.8, 4) is 5.69 Å². The van der Waals surface area contributed by atoms with E-state index in [0.29, 0.717) is 21.7 Å². The smallest absolute Gasteiger partial charge is 0.321 e. The molecular formula is C20H24ClN4O2P. The van der Waals surface area contributed by atoms with Crippen LogP contribution >= 0.6 is 19.1 Å². The summed E-state index contributed by atoms with van der Waals surface area (Å²) in [4.78, 5) is 10.7. The molecule has 0 spiro atoms. The minimum Gasteiger partial charge on any atom is -0.326 e. The Hall–Kier alpha value is -2.14. The fraction of sp³-hybridized carbons (Fsp3) is 0.300. The lowest BCUT2D eigenvalue weighted by molar-refractivity contribution is 0.495. The highest BCUT2D eigenvalue weighted by atomic mass is 35.5. The molecule has 148 valence electrons. The van der Waals surface area contributed by atoms with Gasteiger partial charge in [-0.2, -0.15) is 0 Å². The molecule has 8 heteroatoms. The predicted molar refractivity (Wildman–Crippen MR) is 114 cm³/mol. The maximum absolute atomic E-state index is 13.1. The van der Waals surface area contributed by atoms with Gasteiger partial charge in [-0.3, -0.25) is 4.57 Å². The first-order chi connectivity index (χ1) is 13.0. The van der Waals surface area contributed by atoms with Gasteiger partial charge in [-0.15, -0.1) is 5.10 Å². The van der Waals surface area contributed by atoms with Crippen molar-refractivity contribution in [2.24, 2.45) is 0 Å². The van der Waals surface area contributed by atoms with Crippen molar-refractivity contribution in [1.29, 1.82) is 0 Å². The molecule has 28 heavy (non-hydrogen) atoms. The van der Waals surface area contributed by atoms with E-state index in [4.69, 9.17) is 11.6 Å². The lowest BCUT2D eigenvalue weighted by atomic mass is 9.87. The Labute approximate surface area is 170 Å². The van der Waals surface area contributed by atoms with E-state index in [1.807, 2.05) is 26.0 Å². The molecule has 3 aromatic rings. The topological polar surface area (TPSA) is 80.0 Å². The van der Waals surface area contributed by atoms with Crippen molar-refractivity contribution < 1.29 is 9.46 Å². The van der Waals surface area contributed by atoms with Crippen LogP contribution in [0.1, 0.15) is 37.7 Å². The van der Waals surface area contributed by atoms with Crippen LogP contribution < -0.4 is 10.4 Å². The summed E-state index contributed by atoms with van der Waals surface area (Å²) in [5.74, 6) is 0. The number of aromatic nitrogens is 3. The maximum atomic E-state index is 13.1. The van der Waals surface area contributed by atoms with Gasteiger partial charge in [0.25, 0.3) is 0 Å². The van der Waals surface area contributed by atoms with Gasteiger partial charge in [0.1, 0.15) is 0 Å². The summed E-state index contributed by atoms with van der Waals surface area (Å²) in [6.45, 7) is 10.0. The van der Waals surface area contributed by atoms with E-state index < -0.39 is 7.52 Å². The highest BCUT2D eigenvalue weighted by Gasteiger charge is 2.25. The lowest BCUT2D eigenvalue weighted by Crippen LogP contribution is -2.16. The second-order valence-electron chi connectivity index (χ2n) is 7.82. The molecule has 0 aliphatic carbocycles. The molecule has 6 nitrogen and oxygen atoms in total. The zero-order chi connectivity index (χ0) is 20.7. The molecule has 0 aliphatic rings. The lowest BCUT2D eigenvalue weighted by Gasteiger charge is -2.21. The molecule has 2 N–H and O–H groups in total. The van der Waals surface area contributed by atoms with E-state index in [-0.39, 0.29) is 5.41 Å². The van der Waals surface area contributed by atoms with E-state index in [0.717, 1.165) is 17.0 Å². The number of rotatable bonds is 4. The van der Waals surface area contributed by atoms with Gasteiger partial charge in [0.2, 0.25) is 0 Å². The van der Waals surface area contributed by atoms with Crippen molar-refractivity contribution >= 4 is 30.1 Å². The number of nitrogens with one attached hydrogen (secondary N) is 1. The molecule has 0 bridgehead atoms. The Morgan fingerprint density at radius 3 is 2.29 bits per heavy atom. The summed E-state index contributed by atoms with van der Waals surface area (Å²) in [7, 11) is -3.86. The van der Waals surface area contributed by atoms with Gasteiger partial charge < -0.3 is 9.98 Å². The predicted octanol–water partition coefficient (Wildman–Crippen LogP) is 4.76. The van der Waals surface area contributed by atoms with Gasteiger partial charge in [-0.1, -0.05) is 49.7 Å². The fourth-order valence-corrected chi connectivity index (χ4v) is 4.16. The van der Waals surface area contributed by atoms with Gasteiger partial charge in [-0.05, 0) is 55.2 Å². The van der Waals surface area contributed by atoms with Gasteiger partial charge in [-0.25, -0.2) is 4.68 Å². The van der Waals surface area contributed by atoms with Crippen LogP contribution in [0.5, 0.6) is 0 Å². The SMILES string of the molecule is Cc1nnn(-c2cc(Cl)ccc2NP(=O)(O)c2ccc(C(C)(C)C)cc2)c1C. The Kier molecular flexibility index (Phi) is 5.41. The molecule has 1 atom stereocenters. The van der Waals surface area contributed by atoms with E-state index in [1.54, 1.807) is 35.0 Å². The number of halogens is 1. The maximum Gasteiger partial charge on any atom is 0.321 e. The van der Waals surface area contributed by atoms with Crippen LogP contribution in [0.25, 0.3) is 5.69 Å². The third-order valence-electron chi connectivity index (χ3n) is 4.67. The third kappa shape index (κ3) is 4.14. The second kappa shape index (κ2) is 7.36. The zero-order valence-electron chi connectivity index (χ0n) is 16.6. The first-order valence-electron chi connectivity index (χ1n) is 8.90. The summed E-state index contributed by atoms with van der Waals surface area (Å²) in [6.07, 6.45) is 0. The van der Waals surface area contributed by atoms with Crippen molar-refractivity contribution in [3.05, 3.63) is 64.4 Å². The van der Waals surface area contributed by atoms with Crippen molar-refractivity contribution in [1.82, 2.24) is 15.0 Å². The van der Waals surface area contributed by atoms with Crippen LogP contribution in [0, 0.1) is 13.8 Å². The van der Waals surface area contributed by atoms with Crippen LogP contribution in [0.2, 0.25) is 5.02 Å². The molecule has 3 rings (SSSR count). The average Bonchev–Trinajstić information content (AvgIpc) is 2.95. The quantitative estimate of drug-likeness (QED) is 0.597. The molecule has 2 aromatic carbocycles. The molecule has 0 fully saturated rings. The largest absolute Gasteiger partial charge is 0.326 e. The summed E-state index contributed by atoms with van der Waals surface area (Å²) in [5.41, 5.74) is 3.67. The van der Waals surface area contributed by atoms with Gasteiger partial charge in [0.05, 0.1) is 28.1 Å². The fourth-order valence-electron chi connectivity index (χ4n) is 2.80. The first-order valence-corrected chi connectivity index (χ1v) is 10.9. The standard InChI is InChI=1S/C20H24ClN4O2P/c1-13-14(2)25(24-22-13)19-12-16(21)8-11-18(19)23-28(26,27)17-9-6-15(7-10-17)20(3,4)5/h6-12H,1-5H3,(H2,23,26,27). The Morgan fingerprint density at radius 1 is 1.11 bits per heavy atom. The van der Waals surface area contributed by atoms with Crippen molar-refractivity contribution in [3.63, 3.8) is 0 Å². The molecule has 1 unspecified atom stereocenters. The van der Waals surface area contributed by atoms with Gasteiger partial charge in [0, 0.05) is 5.02 Å². The molecule has 0 radical (unpaired) electrons. The monoisotopic (exact) mass is 418 g/mol. The van der Waals surface area contributed by atoms with Crippen LogP contribution in [-0.4, -0.2) is 19.9 Å². The Bertz CT molecular complexity index is 1060. The second-order valence-corrected chi connectivity index (χ2v) is 10.1. The Balaban J connectivity index is 1.99. The molecule has 0 amide bonds. The molecule has 0 saturated heterocycles. The average molecular weight is 419 g/mol. The molecule has 1 aromatic heterocycles. The molecular weight excluding hydrogens is 395 g/mol. The summed E-state index contributed by atoms with van der Waals surface area (Å²) < 4.78 is 14.7. The van der Waals surface area contributed by atoms with E-state index in [9.17, 15) is 9.46 Å². The van der Waals surface area contributed by atoms with Crippen LogP contribution in [-0.2, 0) is 9.98 Å². The van der Waals surface area contributed by atoms with Gasteiger partial charge >= 0.3 is 7.52 Å². The van der Waals surface area contributed by atoms with Crippen molar-refractivity contribution in [2.75, 3.05) is 5.09 Å². The molecule has 0 aliphatic heterocycles. The molecule has 1 heterocycles. The number of hydrogen-bond acceptors (Lipinski definition) is 3. The number of benzene rings is 2. The summed E-state index contributed by atoms with van der Waals surface area (Å²) >= 11 is 6.15.